The van der Waals surface area contributed by atoms with E-state index in [0.717, 1.165) is 22.4 Å². The molecule has 164 valence electrons. The molecule has 5 rings (SSSR count). The van der Waals surface area contributed by atoms with E-state index in [2.05, 4.69) is 10.4 Å². The Morgan fingerprint density at radius 1 is 1.03 bits per heavy atom. The summed E-state index contributed by atoms with van der Waals surface area (Å²) in [6, 6.07) is 22.7. The van der Waals surface area contributed by atoms with Gasteiger partial charge in [-0.2, -0.15) is 5.10 Å². The smallest absolute Gasteiger partial charge is 0.339 e. The highest BCUT2D eigenvalue weighted by Crippen LogP contribution is 2.25. The van der Waals surface area contributed by atoms with Crippen molar-refractivity contribution in [3.63, 3.8) is 0 Å². The molecule has 0 fully saturated rings. The highest BCUT2D eigenvalue weighted by atomic mass is 19.1. The van der Waals surface area contributed by atoms with Crippen molar-refractivity contribution in [2.45, 2.75) is 19.1 Å². The molecule has 1 aliphatic heterocycles. The van der Waals surface area contributed by atoms with Crippen LogP contribution in [0.2, 0.25) is 0 Å². The largest absolute Gasteiger partial charge is 0.448 e. The lowest BCUT2D eigenvalue weighted by Crippen LogP contribution is -2.41. The van der Waals surface area contributed by atoms with Gasteiger partial charge in [-0.15, -0.1) is 0 Å². The average Bonchev–Trinajstić information content (AvgIpc) is 3.28. The first-order valence-electron chi connectivity index (χ1n) is 10.5. The van der Waals surface area contributed by atoms with Crippen LogP contribution >= 0.6 is 0 Å². The number of hydrogen-bond acceptors (Lipinski definition) is 4. The Hall–Kier alpha value is -4.26. The summed E-state index contributed by atoms with van der Waals surface area (Å²) in [5.74, 6) is -1.22. The zero-order valence-corrected chi connectivity index (χ0v) is 17.6. The molecule has 1 aliphatic rings. The molecule has 0 spiro atoms. The van der Waals surface area contributed by atoms with E-state index in [0.29, 0.717) is 17.7 Å². The van der Waals surface area contributed by atoms with E-state index in [4.69, 9.17) is 4.74 Å². The standard InChI is InChI=1S/C26H20FN3O3/c27-20-12-10-17(11-13-20)24-19(16-30(29-24)21-7-2-1-3-8-21)15-28-25(31)23-14-18-6-4-5-9-22(18)26(32)33-23/h1-13,16,23H,14-15H2,(H,28,31)/t23-/m0/s1. The minimum Gasteiger partial charge on any atom is -0.448 e. The van der Waals surface area contributed by atoms with Crippen LogP contribution in [0.4, 0.5) is 4.39 Å². The summed E-state index contributed by atoms with van der Waals surface area (Å²) in [7, 11) is 0. The molecule has 6 nitrogen and oxygen atoms in total. The lowest BCUT2D eigenvalue weighted by atomic mass is 9.98. The first-order chi connectivity index (χ1) is 16.1. The van der Waals surface area contributed by atoms with Crippen molar-refractivity contribution in [2.24, 2.45) is 0 Å². The van der Waals surface area contributed by atoms with Gasteiger partial charge < -0.3 is 10.1 Å². The Bertz CT molecular complexity index is 1320. The maximum Gasteiger partial charge on any atom is 0.339 e. The molecule has 1 amide bonds. The molecule has 0 aliphatic carbocycles. The number of carbonyl (C=O) groups excluding carboxylic acids is 2. The minimum atomic E-state index is -0.897. The molecular formula is C26H20FN3O3. The molecule has 0 saturated heterocycles. The lowest BCUT2D eigenvalue weighted by Gasteiger charge is -2.23. The van der Waals surface area contributed by atoms with Crippen molar-refractivity contribution < 1.29 is 18.7 Å². The molecule has 0 unspecified atom stereocenters. The van der Waals surface area contributed by atoms with Gasteiger partial charge in [0.15, 0.2) is 6.10 Å². The fourth-order valence-corrected chi connectivity index (χ4v) is 3.88. The summed E-state index contributed by atoms with van der Waals surface area (Å²) in [4.78, 5) is 25.1. The third-order valence-corrected chi connectivity index (χ3v) is 5.57. The number of benzene rings is 3. The molecule has 2 heterocycles. The zero-order chi connectivity index (χ0) is 22.8. The number of nitrogens with one attached hydrogen (secondary N) is 1. The van der Waals surface area contributed by atoms with Crippen molar-refractivity contribution in [2.75, 3.05) is 0 Å². The molecule has 7 heteroatoms. The van der Waals surface area contributed by atoms with Gasteiger partial charge in [-0.05, 0) is 48.0 Å². The third kappa shape index (κ3) is 4.25. The summed E-state index contributed by atoms with van der Waals surface area (Å²) < 4.78 is 20.5. The summed E-state index contributed by atoms with van der Waals surface area (Å²) in [5, 5.41) is 7.53. The highest BCUT2D eigenvalue weighted by molar-refractivity contribution is 5.95. The molecule has 0 radical (unpaired) electrons. The number of para-hydroxylation sites is 1. The van der Waals surface area contributed by atoms with Gasteiger partial charge in [0.1, 0.15) is 5.82 Å². The van der Waals surface area contributed by atoms with Crippen molar-refractivity contribution >= 4 is 11.9 Å². The number of esters is 1. The van der Waals surface area contributed by atoms with Gasteiger partial charge >= 0.3 is 5.97 Å². The van der Waals surface area contributed by atoms with Crippen LogP contribution in [0, 0.1) is 5.82 Å². The van der Waals surface area contributed by atoms with Crippen LogP contribution in [-0.4, -0.2) is 27.8 Å². The fraction of sp³-hybridized carbons (Fsp3) is 0.115. The van der Waals surface area contributed by atoms with Crippen LogP contribution in [0.3, 0.4) is 0 Å². The molecule has 4 aromatic rings. The number of cyclic esters (lactones) is 1. The number of nitrogens with zero attached hydrogens (tertiary/aromatic N) is 2. The number of aromatic nitrogens is 2. The van der Waals surface area contributed by atoms with E-state index in [1.165, 1.54) is 12.1 Å². The van der Waals surface area contributed by atoms with E-state index in [9.17, 15) is 14.0 Å². The molecule has 0 saturated carbocycles. The zero-order valence-electron chi connectivity index (χ0n) is 17.6. The van der Waals surface area contributed by atoms with Crippen LogP contribution in [0.25, 0.3) is 16.9 Å². The van der Waals surface area contributed by atoms with E-state index in [1.54, 1.807) is 28.9 Å². The Kier molecular flexibility index (Phi) is 5.44. The van der Waals surface area contributed by atoms with Gasteiger partial charge in [0, 0.05) is 30.3 Å². The first-order valence-corrected chi connectivity index (χ1v) is 10.5. The number of ether oxygens (including phenoxy) is 1. The quantitative estimate of drug-likeness (QED) is 0.474. The van der Waals surface area contributed by atoms with E-state index in [1.807, 2.05) is 48.7 Å². The van der Waals surface area contributed by atoms with Crippen LogP contribution in [0.1, 0.15) is 21.5 Å². The Morgan fingerprint density at radius 2 is 1.76 bits per heavy atom. The third-order valence-electron chi connectivity index (χ3n) is 5.57. The summed E-state index contributed by atoms with van der Waals surface area (Å²) in [5.41, 5.74) is 4.25. The number of fused-ring (bicyclic) bond motifs is 1. The summed E-state index contributed by atoms with van der Waals surface area (Å²) in [6.07, 6.45) is 1.25. The van der Waals surface area contributed by atoms with Crippen LogP contribution in [-0.2, 0) is 22.5 Å². The molecular weight excluding hydrogens is 421 g/mol. The molecule has 1 aromatic heterocycles. The SMILES string of the molecule is O=C1O[C@H](C(=O)NCc2cn(-c3ccccc3)nc2-c2ccc(F)cc2)Cc2ccccc21. The van der Waals surface area contributed by atoms with E-state index >= 15 is 0 Å². The number of hydrogen-bond donors (Lipinski definition) is 1. The Morgan fingerprint density at radius 3 is 2.55 bits per heavy atom. The first kappa shape index (κ1) is 20.6. The van der Waals surface area contributed by atoms with Crippen LogP contribution in [0.5, 0.6) is 0 Å². The van der Waals surface area contributed by atoms with E-state index in [-0.39, 0.29) is 18.3 Å². The normalized spacial score (nSPS) is 14.9. The van der Waals surface area contributed by atoms with Crippen molar-refractivity contribution in [1.82, 2.24) is 15.1 Å². The predicted octanol–water partition coefficient (Wildman–Crippen LogP) is 4.08. The average molecular weight is 441 g/mol. The van der Waals surface area contributed by atoms with Crippen LogP contribution in [0.15, 0.2) is 85.1 Å². The second-order valence-corrected chi connectivity index (χ2v) is 7.76. The van der Waals surface area contributed by atoms with Crippen molar-refractivity contribution in [1.29, 1.82) is 0 Å². The molecule has 1 N–H and O–H groups in total. The number of rotatable bonds is 5. The van der Waals surface area contributed by atoms with Gasteiger partial charge in [0.25, 0.3) is 5.91 Å². The van der Waals surface area contributed by atoms with Gasteiger partial charge in [-0.3, -0.25) is 4.79 Å². The molecule has 3 aromatic carbocycles. The Balaban J connectivity index is 1.38. The van der Waals surface area contributed by atoms with Crippen molar-refractivity contribution in [3.8, 4) is 16.9 Å². The number of carbonyl (C=O) groups is 2. The van der Waals surface area contributed by atoms with Gasteiger partial charge in [-0.1, -0.05) is 36.4 Å². The van der Waals surface area contributed by atoms with Gasteiger partial charge in [0.05, 0.1) is 16.9 Å². The highest BCUT2D eigenvalue weighted by Gasteiger charge is 2.31. The summed E-state index contributed by atoms with van der Waals surface area (Å²) in [6.45, 7) is 0.175. The fourth-order valence-electron chi connectivity index (χ4n) is 3.88. The molecule has 1 atom stereocenters. The number of halogens is 1. The topological polar surface area (TPSA) is 73.2 Å². The second kappa shape index (κ2) is 8.70. The monoisotopic (exact) mass is 441 g/mol. The van der Waals surface area contributed by atoms with Crippen LogP contribution < -0.4 is 5.32 Å². The number of amides is 1. The summed E-state index contributed by atoms with van der Waals surface area (Å²) >= 11 is 0. The minimum absolute atomic E-state index is 0.175. The predicted molar refractivity (Wildman–Crippen MR) is 120 cm³/mol. The van der Waals surface area contributed by atoms with Gasteiger partial charge in [0.2, 0.25) is 0 Å². The van der Waals surface area contributed by atoms with E-state index < -0.39 is 12.1 Å². The van der Waals surface area contributed by atoms with Gasteiger partial charge in [-0.25, -0.2) is 13.9 Å². The van der Waals surface area contributed by atoms with Crippen molar-refractivity contribution in [3.05, 3.63) is 108 Å². The molecule has 0 bridgehead atoms. The molecule has 33 heavy (non-hydrogen) atoms. The second-order valence-electron chi connectivity index (χ2n) is 7.76. The Labute approximate surface area is 189 Å². The lowest BCUT2D eigenvalue weighted by molar-refractivity contribution is -0.130. The maximum atomic E-state index is 13.4. The maximum absolute atomic E-state index is 13.4.